The Morgan fingerprint density at radius 3 is 2.88 bits per heavy atom. The fourth-order valence-electron chi connectivity index (χ4n) is 2.55. The summed E-state index contributed by atoms with van der Waals surface area (Å²) in [5.41, 5.74) is 2.32. The zero-order valence-electron chi connectivity index (χ0n) is 13.4. The standard InChI is InChI=1S/C18H17BrN2O3/c1-11(12-7-8-17(23-2)14(19)9-12)20-18(22)10-15-13-5-3-4-6-16(13)24-21-15/h3-9,11H,10H2,1-2H3,(H,20,22). The van der Waals surface area contributed by atoms with Crippen molar-refractivity contribution >= 4 is 32.8 Å². The number of methoxy groups -OCH3 is 1. The minimum Gasteiger partial charge on any atom is -0.496 e. The summed E-state index contributed by atoms with van der Waals surface area (Å²) < 4.78 is 11.3. The predicted molar refractivity (Wildman–Crippen MR) is 95.0 cm³/mol. The molecule has 24 heavy (non-hydrogen) atoms. The Balaban J connectivity index is 1.69. The molecule has 0 saturated heterocycles. The quantitative estimate of drug-likeness (QED) is 0.716. The van der Waals surface area contributed by atoms with E-state index in [2.05, 4.69) is 26.4 Å². The van der Waals surface area contributed by atoms with Gasteiger partial charge in [0.15, 0.2) is 5.58 Å². The first-order chi connectivity index (χ1) is 11.6. The van der Waals surface area contributed by atoms with Crippen molar-refractivity contribution in [3.05, 3.63) is 58.2 Å². The fraction of sp³-hybridized carbons (Fsp3) is 0.222. The summed E-state index contributed by atoms with van der Waals surface area (Å²) in [5.74, 6) is 0.653. The molecule has 0 fully saturated rings. The highest BCUT2D eigenvalue weighted by Crippen LogP contribution is 2.28. The number of carbonyl (C=O) groups is 1. The topological polar surface area (TPSA) is 64.4 Å². The van der Waals surface area contributed by atoms with Crippen molar-refractivity contribution in [2.24, 2.45) is 0 Å². The molecule has 1 aromatic heterocycles. The van der Waals surface area contributed by atoms with Crippen LogP contribution in [0.4, 0.5) is 0 Å². The number of rotatable bonds is 5. The van der Waals surface area contributed by atoms with Crippen molar-refractivity contribution in [2.75, 3.05) is 7.11 Å². The van der Waals surface area contributed by atoms with Gasteiger partial charge in [0.1, 0.15) is 11.4 Å². The Morgan fingerprint density at radius 1 is 1.33 bits per heavy atom. The minimum atomic E-state index is -0.127. The molecule has 0 saturated carbocycles. The highest BCUT2D eigenvalue weighted by atomic mass is 79.9. The number of nitrogens with one attached hydrogen (secondary N) is 1. The molecule has 1 heterocycles. The monoisotopic (exact) mass is 388 g/mol. The molecule has 0 radical (unpaired) electrons. The first-order valence-corrected chi connectivity index (χ1v) is 8.34. The van der Waals surface area contributed by atoms with E-state index in [1.54, 1.807) is 7.11 Å². The second-order valence-electron chi connectivity index (χ2n) is 5.49. The first kappa shape index (κ1) is 16.5. The summed E-state index contributed by atoms with van der Waals surface area (Å²) in [7, 11) is 1.62. The molecule has 0 aliphatic carbocycles. The summed E-state index contributed by atoms with van der Waals surface area (Å²) >= 11 is 3.46. The van der Waals surface area contributed by atoms with Crippen molar-refractivity contribution in [1.29, 1.82) is 0 Å². The lowest BCUT2D eigenvalue weighted by molar-refractivity contribution is -0.121. The smallest absolute Gasteiger partial charge is 0.226 e. The SMILES string of the molecule is COc1ccc(C(C)NC(=O)Cc2noc3ccccc23)cc1Br. The largest absolute Gasteiger partial charge is 0.496 e. The maximum atomic E-state index is 12.3. The summed E-state index contributed by atoms with van der Waals surface area (Å²) in [6.07, 6.45) is 0.179. The van der Waals surface area contributed by atoms with Gasteiger partial charge in [-0.25, -0.2) is 0 Å². The Kier molecular flexibility index (Phi) is 4.85. The second-order valence-corrected chi connectivity index (χ2v) is 6.34. The molecule has 0 aliphatic rings. The van der Waals surface area contributed by atoms with Crippen LogP contribution in [-0.4, -0.2) is 18.2 Å². The van der Waals surface area contributed by atoms with Crippen LogP contribution in [0, 0.1) is 0 Å². The van der Waals surface area contributed by atoms with Crippen molar-refractivity contribution in [3.8, 4) is 5.75 Å². The van der Waals surface area contributed by atoms with Gasteiger partial charge in [0.05, 0.1) is 24.0 Å². The van der Waals surface area contributed by atoms with Crippen molar-refractivity contribution in [1.82, 2.24) is 10.5 Å². The third kappa shape index (κ3) is 3.43. The van der Waals surface area contributed by atoms with E-state index < -0.39 is 0 Å². The third-order valence-corrected chi connectivity index (χ3v) is 4.45. The zero-order valence-corrected chi connectivity index (χ0v) is 15.0. The van der Waals surface area contributed by atoms with E-state index in [0.717, 1.165) is 21.2 Å². The number of hydrogen-bond donors (Lipinski definition) is 1. The normalized spacial score (nSPS) is 12.1. The molecule has 1 atom stereocenters. The summed E-state index contributed by atoms with van der Waals surface area (Å²) in [6.45, 7) is 1.94. The van der Waals surface area contributed by atoms with E-state index in [9.17, 15) is 4.79 Å². The highest BCUT2D eigenvalue weighted by Gasteiger charge is 2.15. The predicted octanol–water partition coefficient (Wildman–Crippen LogP) is 4.02. The average molecular weight is 389 g/mol. The average Bonchev–Trinajstić information content (AvgIpc) is 2.97. The van der Waals surface area contributed by atoms with Gasteiger partial charge >= 0.3 is 0 Å². The van der Waals surface area contributed by atoms with Crippen LogP contribution in [0.1, 0.15) is 24.2 Å². The van der Waals surface area contributed by atoms with E-state index in [4.69, 9.17) is 9.26 Å². The fourth-order valence-corrected chi connectivity index (χ4v) is 3.10. The van der Waals surface area contributed by atoms with Gasteiger partial charge in [0.2, 0.25) is 5.91 Å². The number of ether oxygens (including phenoxy) is 1. The van der Waals surface area contributed by atoms with Gasteiger partial charge in [-0.05, 0) is 52.7 Å². The van der Waals surface area contributed by atoms with Gasteiger partial charge in [-0.15, -0.1) is 0 Å². The summed E-state index contributed by atoms with van der Waals surface area (Å²) in [5, 5.41) is 7.84. The number of benzene rings is 2. The van der Waals surface area contributed by atoms with Gasteiger partial charge in [-0.2, -0.15) is 0 Å². The van der Waals surface area contributed by atoms with E-state index in [0.29, 0.717) is 11.3 Å². The molecule has 0 spiro atoms. The van der Waals surface area contributed by atoms with Crippen LogP contribution in [0.3, 0.4) is 0 Å². The number of carbonyl (C=O) groups excluding carboxylic acids is 1. The lowest BCUT2D eigenvalue weighted by atomic mass is 10.1. The Bertz CT molecular complexity index is 876. The van der Waals surface area contributed by atoms with Crippen LogP contribution >= 0.6 is 15.9 Å². The highest BCUT2D eigenvalue weighted by molar-refractivity contribution is 9.10. The maximum absolute atomic E-state index is 12.3. The second kappa shape index (κ2) is 7.05. The maximum Gasteiger partial charge on any atom is 0.226 e. The molecule has 1 unspecified atom stereocenters. The lowest BCUT2D eigenvalue weighted by Gasteiger charge is -2.15. The molecular weight excluding hydrogens is 372 g/mol. The number of nitrogens with zero attached hydrogens (tertiary/aromatic N) is 1. The van der Waals surface area contributed by atoms with E-state index in [-0.39, 0.29) is 18.4 Å². The first-order valence-electron chi connectivity index (χ1n) is 7.54. The van der Waals surface area contributed by atoms with Crippen LogP contribution in [0.2, 0.25) is 0 Å². The third-order valence-electron chi connectivity index (χ3n) is 3.83. The summed E-state index contributed by atoms with van der Waals surface area (Å²) in [6, 6.07) is 13.1. The molecule has 0 aliphatic heterocycles. The van der Waals surface area contributed by atoms with E-state index >= 15 is 0 Å². The number of halogens is 1. The number of para-hydroxylation sites is 1. The van der Waals surface area contributed by atoms with Crippen LogP contribution < -0.4 is 10.1 Å². The zero-order chi connectivity index (χ0) is 17.1. The number of amides is 1. The molecule has 124 valence electrons. The number of hydrogen-bond acceptors (Lipinski definition) is 4. The van der Waals surface area contributed by atoms with Gasteiger partial charge in [0, 0.05) is 5.39 Å². The molecule has 6 heteroatoms. The van der Waals surface area contributed by atoms with Crippen molar-refractivity contribution < 1.29 is 14.1 Å². The summed E-state index contributed by atoms with van der Waals surface area (Å²) in [4.78, 5) is 12.3. The lowest BCUT2D eigenvalue weighted by Crippen LogP contribution is -2.28. The molecule has 2 aromatic carbocycles. The molecular formula is C18H17BrN2O3. The molecule has 1 amide bonds. The Hall–Kier alpha value is -2.34. The van der Waals surface area contributed by atoms with Crippen molar-refractivity contribution in [2.45, 2.75) is 19.4 Å². The van der Waals surface area contributed by atoms with Gasteiger partial charge in [0.25, 0.3) is 0 Å². The number of aromatic nitrogens is 1. The molecule has 5 nitrogen and oxygen atoms in total. The van der Waals surface area contributed by atoms with Crippen LogP contribution in [0.25, 0.3) is 11.0 Å². The van der Waals surface area contributed by atoms with Gasteiger partial charge in [-0.1, -0.05) is 23.4 Å². The molecule has 3 rings (SSSR count). The minimum absolute atomic E-state index is 0.103. The van der Waals surface area contributed by atoms with Crippen LogP contribution in [0.5, 0.6) is 5.75 Å². The van der Waals surface area contributed by atoms with Gasteiger partial charge < -0.3 is 14.6 Å². The number of fused-ring (bicyclic) bond motifs is 1. The van der Waals surface area contributed by atoms with Crippen LogP contribution in [-0.2, 0) is 11.2 Å². The van der Waals surface area contributed by atoms with Crippen LogP contribution in [0.15, 0.2) is 51.5 Å². The van der Waals surface area contributed by atoms with Crippen molar-refractivity contribution in [3.63, 3.8) is 0 Å². The van der Waals surface area contributed by atoms with E-state index in [1.807, 2.05) is 49.4 Å². The molecule has 1 N–H and O–H groups in total. The Labute approximate surface area is 148 Å². The molecule has 0 bridgehead atoms. The van der Waals surface area contributed by atoms with E-state index in [1.165, 1.54) is 0 Å². The molecule has 3 aromatic rings. The van der Waals surface area contributed by atoms with Gasteiger partial charge in [-0.3, -0.25) is 4.79 Å². The Morgan fingerprint density at radius 2 is 2.12 bits per heavy atom.